The fourth-order valence-electron chi connectivity index (χ4n) is 1.95. The zero-order valence-electron chi connectivity index (χ0n) is 10.4. The van der Waals surface area contributed by atoms with E-state index in [4.69, 9.17) is 4.84 Å². The summed E-state index contributed by atoms with van der Waals surface area (Å²) in [5, 5.41) is 10.8. The van der Waals surface area contributed by atoms with Crippen LogP contribution in [0.3, 0.4) is 0 Å². The molecule has 8 heteroatoms. The van der Waals surface area contributed by atoms with Gasteiger partial charge in [0.2, 0.25) is 0 Å². The van der Waals surface area contributed by atoms with E-state index >= 15 is 0 Å². The lowest BCUT2D eigenvalue weighted by atomic mass is 10.2. The van der Waals surface area contributed by atoms with Crippen molar-refractivity contribution in [2.75, 3.05) is 13.2 Å². The second kappa shape index (κ2) is 5.24. The van der Waals surface area contributed by atoms with Gasteiger partial charge >= 0.3 is 0 Å². The Bertz CT molecular complexity index is 593. The normalized spacial score (nSPS) is 17.3. The number of nitrogens with zero attached hydrogens (tertiary/aromatic N) is 2. The average molecular weight is 286 g/mol. The van der Waals surface area contributed by atoms with Gasteiger partial charge in [-0.1, -0.05) is 10.5 Å². The highest BCUT2D eigenvalue weighted by Crippen LogP contribution is 2.28. The van der Waals surface area contributed by atoms with Gasteiger partial charge in [-0.15, -0.1) is 0 Å². The van der Waals surface area contributed by atoms with Gasteiger partial charge in [-0.25, -0.2) is 8.42 Å². The SMILES string of the molecule is Cc1c([N+](=O)[O-])cccc1S(=O)(=O)N1CCCCO1. The molecule has 0 atom stereocenters. The summed E-state index contributed by atoms with van der Waals surface area (Å²) < 4.78 is 25.6. The summed E-state index contributed by atoms with van der Waals surface area (Å²) in [6.07, 6.45) is 1.52. The Balaban J connectivity index is 2.46. The van der Waals surface area contributed by atoms with Crippen molar-refractivity contribution >= 4 is 15.7 Å². The van der Waals surface area contributed by atoms with Crippen LogP contribution in [0.2, 0.25) is 0 Å². The van der Waals surface area contributed by atoms with E-state index < -0.39 is 14.9 Å². The predicted molar refractivity (Wildman–Crippen MR) is 66.9 cm³/mol. The molecule has 1 aliphatic rings. The second-order valence-corrected chi connectivity index (χ2v) is 6.03. The van der Waals surface area contributed by atoms with E-state index in [0.717, 1.165) is 10.9 Å². The van der Waals surface area contributed by atoms with Gasteiger partial charge in [-0.2, -0.15) is 0 Å². The quantitative estimate of drug-likeness (QED) is 0.622. The van der Waals surface area contributed by atoms with Gasteiger partial charge in [-0.3, -0.25) is 15.0 Å². The van der Waals surface area contributed by atoms with Gasteiger partial charge in [0.1, 0.15) is 0 Å². The Hall–Kier alpha value is -1.51. The van der Waals surface area contributed by atoms with E-state index in [1.807, 2.05) is 0 Å². The number of hydrogen-bond acceptors (Lipinski definition) is 5. The summed E-state index contributed by atoms with van der Waals surface area (Å²) >= 11 is 0. The third-order valence-corrected chi connectivity index (χ3v) is 4.79. The number of sulfonamides is 1. The Morgan fingerprint density at radius 2 is 2.11 bits per heavy atom. The topological polar surface area (TPSA) is 89.8 Å². The number of hydrogen-bond donors (Lipinski definition) is 0. The molecule has 7 nitrogen and oxygen atoms in total. The van der Waals surface area contributed by atoms with Crippen molar-refractivity contribution in [3.63, 3.8) is 0 Å². The largest absolute Gasteiger partial charge is 0.284 e. The van der Waals surface area contributed by atoms with Gasteiger partial charge in [0.25, 0.3) is 15.7 Å². The summed E-state index contributed by atoms with van der Waals surface area (Å²) in [4.78, 5) is 15.3. The lowest BCUT2D eigenvalue weighted by Crippen LogP contribution is -2.36. The number of nitro groups is 1. The number of nitro benzene ring substituents is 1. The molecule has 0 N–H and O–H groups in total. The van der Waals surface area contributed by atoms with E-state index in [9.17, 15) is 18.5 Å². The van der Waals surface area contributed by atoms with Crippen molar-refractivity contribution < 1.29 is 18.2 Å². The zero-order chi connectivity index (χ0) is 14.0. The highest BCUT2D eigenvalue weighted by molar-refractivity contribution is 7.89. The third kappa shape index (κ3) is 2.60. The fourth-order valence-corrected chi connectivity index (χ4v) is 3.50. The predicted octanol–water partition coefficient (Wildman–Crippen LogP) is 1.62. The molecule has 1 saturated heterocycles. The first-order valence-corrected chi connectivity index (χ1v) is 7.28. The lowest BCUT2D eigenvalue weighted by Gasteiger charge is -2.25. The molecule has 0 amide bonds. The summed E-state index contributed by atoms with van der Waals surface area (Å²) in [6, 6.07) is 4.00. The molecule has 0 aromatic heterocycles. The van der Waals surface area contributed by atoms with Gasteiger partial charge in [0, 0.05) is 18.2 Å². The molecule has 0 bridgehead atoms. The van der Waals surface area contributed by atoms with Crippen LogP contribution in [-0.2, 0) is 14.9 Å². The highest BCUT2D eigenvalue weighted by atomic mass is 32.2. The number of hydroxylamine groups is 1. The van der Waals surface area contributed by atoms with Crippen LogP contribution in [0.25, 0.3) is 0 Å². The Morgan fingerprint density at radius 1 is 1.37 bits per heavy atom. The van der Waals surface area contributed by atoms with Crippen LogP contribution >= 0.6 is 0 Å². The smallest absolute Gasteiger partial charge is 0.273 e. The van der Waals surface area contributed by atoms with Crippen molar-refractivity contribution in [2.24, 2.45) is 0 Å². The number of benzene rings is 1. The Kier molecular flexibility index (Phi) is 3.83. The van der Waals surface area contributed by atoms with Crippen molar-refractivity contribution in [1.82, 2.24) is 4.47 Å². The van der Waals surface area contributed by atoms with Gasteiger partial charge in [0.05, 0.1) is 16.4 Å². The monoisotopic (exact) mass is 286 g/mol. The van der Waals surface area contributed by atoms with Crippen LogP contribution in [0, 0.1) is 17.0 Å². The fraction of sp³-hybridized carbons (Fsp3) is 0.455. The number of rotatable bonds is 3. The van der Waals surface area contributed by atoms with Crippen molar-refractivity contribution in [3.8, 4) is 0 Å². The molecule has 1 aromatic carbocycles. The maximum atomic E-state index is 12.4. The molecule has 2 rings (SSSR count). The molecule has 19 heavy (non-hydrogen) atoms. The van der Waals surface area contributed by atoms with Crippen LogP contribution in [-0.4, -0.2) is 31.0 Å². The van der Waals surface area contributed by atoms with Gasteiger partial charge in [-0.05, 0) is 25.8 Å². The van der Waals surface area contributed by atoms with Gasteiger partial charge < -0.3 is 0 Å². The molecule has 1 aliphatic heterocycles. The molecule has 104 valence electrons. The van der Waals surface area contributed by atoms with E-state index in [-0.39, 0.29) is 22.7 Å². The van der Waals surface area contributed by atoms with Crippen LogP contribution < -0.4 is 0 Å². The van der Waals surface area contributed by atoms with Crippen molar-refractivity contribution in [1.29, 1.82) is 0 Å². The first-order valence-electron chi connectivity index (χ1n) is 5.84. The minimum Gasteiger partial charge on any atom is -0.284 e. The molecule has 1 aromatic rings. The minimum absolute atomic E-state index is 0.0800. The zero-order valence-corrected chi connectivity index (χ0v) is 11.2. The molecular formula is C11H14N2O5S. The van der Waals surface area contributed by atoms with Crippen LogP contribution in [0.15, 0.2) is 23.1 Å². The van der Waals surface area contributed by atoms with Crippen molar-refractivity contribution in [2.45, 2.75) is 24.7 Å². The van der Waals surface area contributed by atoms with E-state index in [1.54, 1.807) is 0 Å². The van der Waals surface area contributed by atoms with Gasteiger partial charge in [0.15, 0.2) is 0 Å². The molecule has 1 heterocycles. The summed E-state index contributed by atoms with van der Waals surface area (Å²) in [6.45, 7) is 2.03. The average Bonchev–Trinajstić information content (AvgIpc) is 2.39. The minimum atomic E-state index is -3.84. The molecule has 0 saturated carbocycles. The van der Waals surface area contributed by atoms with E-state index in [0.29, 0.717) is 13.0 Å². The summed E-state index contributed by atoms with van der Waals surface area (Å²) in [5.74, 6) is 0. The Morgan fingerprint density at radius 3 is 2.68 bits per heavy atom. The third-order valence-electron chi connectivity index (χ3n) is 2.97. The molecule has 0 spiro atoms. The van der Waals surface area contributed by atoms with Crippen LogP contribution in [0.1, 0.15) is 18.4 Å². The molecule has 0 aliphatic carbocycles. The molecule has 1 fully saturated rings. The first kappa shape index (κ1) is 13.9. The maximum absolute atomic E-state index is 12.4. The Labute approximate surface area is 110 Å². The molecule has 0 unspecified atom stereocenters. The standard InChI is InChI=1S/C11H14N2O5S/c1-9-10(13(14)15)5-4-6-11(9)19(16,17)12-7-2-3-8-18-12/h4-6H,2-3,7-8H2,1H3. The molecular weight excluding hydrogens is 272 g/mol. The highest BCUT2D eigenvalue weighted by Gasteiger charge is 2.31. The maximum Gasteiger partial charge on any atom is 0.273 e. The summed E-state index contributed by atoms with van der Waals surface area (Å²) in [7, 11) is -3.84. The van der Waals surface area contributed by atoms with Crippen LogP contribution in [0.4, 0.5) is 5.69 Å². The molecule has 0 radical (unpaired) electrons. The first-order chi connectivity index (χ1) is 8.94. The van der Waals surface area contributed by atoms with Crippen LogP contribution in [0.5, 0.6) is 0 Å². The van der Waals surface area contributed by atoms with Crippen molar-refractivity contribution in [3.05, 3.63) is 33.9 Å². The van der Waals surface area contributed by atoms with E-state index in [1.165, 1.54) is 25.1 Å². The lowest BCUT2D eigenvalue weighted by molar-refractivity contribution is -0.385. The second-order valence-electron chi connectivity index (χ2n) is 4.23. The summed E-state index contributed by atoms with van der Waals surface area (Å²) in [5.41, 5.74) is -0.0836. The van der Waals surface area contributed by atoms with E-state index in [2.05, 4.69) is 0 Å².